The summed E-state index contributed by atoms with van der Waals surface area (Å²) in [5.74, 6) is 1.56. The van der Waals surface area contributed by atoms with E-state index in [9.17, 15) is 0 Å². The molecule has 6 rings (SSSR count). The summed E-state index contributed by atoms with van der Waals surface area (Å²) in [5.41, 5.74) is 6.78. The molecule has 3 aliphatic rings. The summed E-state index contributed by atoms with van der Waals surface area (Å²) in [6.07, 6.45) is 5.32. The average Bonchev–Trinajstić information content (AvgIpc) is 3.48. The van der Waals surface area contributed by atoms with Crippen molar-refractivity contribution in [1.82, 2.24) is 10.6 Å². The first-order valence-corrected chi connectivity index (χ1v) is 10.7. The van der Waals surface area contributed by atoms with Crippen LogP contribution < -0.4 is 25.9 Å². The van der Waals surface area contributed by atoms with Gasteiger partial charge in [-0.3, -0.25) is 0 Å². The highest BCUT2D eigenvalue weighted by molar-refractivity contribution is 6.02. The third-order valence-corrected chi connectivity index (χ3v) is 6.04. The van der Waals surface area contributed by atoms with E-state index in [0.717, 1.165) is 34.6 Å². The van der Waals surface area contributed by atoms with Crippen LogP contribution in [-0.4, -0.2) is 12.9 Å². The Bertz CT molecular complexity index is 1420. The molecule has 32 heavy (non-hydrogen) atoms. The zero-order valence-corrected chi connectivity index (χ0v) is 17.7. The fraction of sp³-hybridized carbons (Fsp3) is 0.111. The molecular weight excluding hydrogens is 396 g/mol. The molecule has 0 aromatic heterocycles. The van der Waals surface area contributed by atoms with Crippen molar-refractivity contribution in [1.29, 1.82) is 0 Å². The summed E-state index contributed by atoms with van der Waals surface area (Å²) >= 11 is 0. The number of hydrogen-bond donors (Lipinski definition) is 2. The molecule has 1 aliphatic carbocycles. The molecule has 0 bridgehead atoms. The van der Waals surface area contributed by atoms with Crippen molar-refractivity contribution in [2.45, 2.75) is 12.6 Å². The lowest BCUT2D eigenvalue weighted by Gasteiger charge is -2.14. The summed E-state index contributed by atoms with van der Waals surface area (Å²) in [7, 11) is 1.67. The van der Waals surface area contributed by atoms with Crippen LogP contribution in [0, 0.1) is 0 Å². The fourth-order valence-corrected chi connectivity index (χ4v) is 4.30. The number of aliphatic imine (C=N–C) groups is 1. The number of ether oxygens (including phenoxy) is 1. The lowest BCUT2D eigenvalue weighted by molar-refractivity contribution is 0.415. The van der Waals surface area contributed by atoms with E-state index in [1.54, 1.807) is 7.11 Å². The van der Waals surface area contributed by atoms with Gasteiger partial charge in [-0.25, -0.2) is 9.98 Å². The normalized spacial score (nSPS) is 20.0. The molecule has 0 amide bonds. The van der Waals surface area contributed by atoms with Gasteiger partial charge in [0, 0.05) is 17.7 Å². The van der Waals surface area contributed by atoms with Crippen molar-refractivity contribution in [3.05, 3.63) is 118 Å². The number of nitrogens with one attached hydrogen (secondary N) is 2. The molecule has 2 aliphatic heterocycles. The van der Waals surface area contributed by atoms with Gasteiger partial charge in [0.25, 0.3) is 0 Å². The van der Waals surface area contributed by atoms with E-state index in [1.165, 1.54) is 27.7 Å². The first-order valence-electron chi connectivity index (χ1n) is 10.7. The third kappa shape index (κ3) is 3.28. The van der Waals surface area contributed by atoms with Crippen LogP contribution in [0.25, 0.3) is 5.57 Å². The van der Waals surface area contributed by atoms with Gasteiger partial charge in [0.1, 0.15) is 11.9 Å². The summed E-state index contributed by atoms with van der Waals surface area (Å²) in [4.78, 5) is 9.49. The lowest BCUT2D eigenvalue weighted by atomic mass is 10.0. The van der Waals surface area contributed by atoms with Crippen LogP contribution in [0.3, 0.4) is 0 Å². The topological polar surface area (TPSA) is 58.0 Å². The molecule has 2 heterocycles. The predicted molar refractivity (Wildman–Crippen MR) is 126 cm³/mol. The summed E-state index contributed by atoms with van der Waals surface area (Å²) in [6.45, 7) is 0. The van der Waals surface area contributed by atoms with E-state index in [-0.39, 0.29) is 6.17 Å². The molecule has 5 heteroatoms. The van der Waals surface area contributed by atoms with Crippen molar-refractivity contribution in [2.75, 3.05) is 7.11 Å². The molecular formula is C27H22N4O. The van der Waals surface area contributed by atoms with Gasteiger partial charge in [-0.2, -0.15) is 0 Å². The molecule has 156 valence electrons. The summed E-state index contributed by atoms with van der Waals surface area (Å²) < 4.78 is 5.25. The largest absolute Gasteiger partial charge is 0.497 e. The highest BCUT2D eigenvalue weighted by Gasteiger charge is 2.24. The number of methoxy groups -OCH3 is 1. The van der Waals surface area contributed by atoms with E-state index < -0.39 is 0 Å². The number of nitrogens with zero attached hydrogens (tertiary/aromatic N) is 2. The Morgan fingerprint density at radius 1 is 0.875 bits per heavy atom. The maximum Gasteiger partial charge on any atom is 0.160 e. The number of rotatable bonds is 3. The zero-order valence-electron chi connectivity index (χ0n) is 17.7. The monoisotopic (exact) mass is 418 g/mol. The number of allylic oxidation sites excluding steroid dienone is 3. The Morgan fingerprint density at radius 3 is 2.53 bits per heavy atom. The molecule has 3 aromatic carbocycles. The van der Waals surface area contributed by atoms with Crippen molar-refractivity contribution >= 4 is 17.1 Å². The molecule has 0 spiro atoms. The highest BCUT2D eigenvalue weighted by atomic mass is 16.5. The van der Waals surface area contributed by atoms with Gasteiger partial charge < -0.3 is 15.4 Å². The second-order valence-electron chi connectivity index (χ2n) is 8.04. The summed E-state index contributed by atoms with van der Waals surface area (Å²) in [5, 5.41) is 9.30. The van der Waals surface area contributed by atoms with Crippen LogP contribution in [0.4, 0.5) is 5.69 Å². The quantitative estimate of drug-likeness (QED) is 0.683. The average molecular weight is 419 g/mol. The first kappa shape index (κ1) is 18.6. The van der Waals surface area contributed by atoms with Gasteiger partial charge in [-0.15, -0.1) is 0 Å². The first-order chi connectivity index (χ1) is 15.8. The van der Waals surface area contributed by atoms with Crippen LogP contribution in [0.1, 0.15) is 23.7 Å². The van der Waals surface area contributed by atoms with Crippen LogP contribution in [0.15, 0.2) is 106 Å². The minimum atomic E-state index is 0.112. The molecule has 2 N–H and O–H groups in total. The maximum atomic E-state index is 5.25. The lowest BCUT2D eigenvalue weighted by Crippen LogP contribution is -2.23. The molecule has 3 aromatic rings. The number of benzene rings is 3. The second kappa shape index (κ2) is 7.54. The Hall–Kier alpha value is -4.12. The van der Waals surface area contributed by atoms with Gasteiger partial charge >= 0.3 is 0 Å². The number of hydrogen-bond acceptors (Lipinski definition) is 5. The maximum absolute atomic E-state index is 5.25. The standard InChI is InChI=1S/C27H22N4O/c1-32-21-11-7-18(8-12-21)27-29-23-14-10-20(16-25(23)31-27)19-9-13-22-24(15-19)30-26(28-22)17-5-3-2-4-6-17/h2-14,16,26,28,30H,15H2,1H3. The molecule has 0 radical (unpaired) electrons. The van der Waals surface area contributed by atoms with Crippen molar-refractivity contribution in [3.8, 4) is 5.75 Å². The Balaban J connectivity index is 1.27. The smallest absolute Gasteiger partial charge is 0.160 e. The van der Waals surface area contributed by atoms with Gasteiger partial charge in [-0.05, 0) is 58.8 Å². The number of amidine groups is 1. The van der Waals surface area contributed by atoms with Gasteiger partial charge in [0.05, 0.1) is 23.9 Å². The van der Waals surface area contributed by atoms with Gasteiger partial charge in [0.15, 0.2) is 5.84 Å². The van der Waals surface area contributed by atoms with E-state index >= 15 is 0 Å². The van der Waals surface area contributed by atoms with Crippen molar-refractivity contribution < 1.29 is 4.74 Å². The van der Waals surface area contributed by atoms with Crippen LogP contribution in [0.5, 0.6) is 5.75 Å². The Kier molecular flexibility index (Phi) is 4.39. The Morgan fingerprint density at radius 2 is 1.72 bits per heavy atom. The van der Waals surface area contributed by atoms with Crippen LogP contribution >= 0.6 is 0 Å². The zero-order chi connectivity index (χ0) is 21.5. The molecule has 1 atom stereocenters. The van der Waals surface area contributed by atoms with Crippen molar-refractivity contribution in [2.24, 2.45) is 9.98 Å². The Labute approximate surface area is 186 Å². The summed E-state index contributed by atoms with van der Waals surface area (Å²) in [6, 6.07) is 24.6. The van der Waals surface area contributed by atoms with Gasteiger partial charge in [-0.1, -0.05) is 42.5 Å². The van der Waals surface area contributed by atoms with Gasteiger partial charge in [0.2, 0.25) is 0 Å². The molecule has 5 nitrogen and oxygen atoms in total. The minimum absolute atomic E-state index is 0.112. The molecule has 0 saturated heterocycles. The fourth-order valence-electron chi connectivity index (χ4n) is 4.30. The minimum Gasteiger partial charge on any atom is -0.497 e. The number of fused-ring (bicyclic) bond motifs is 1. The van der Waals surface area contributed by atoms with Crippen LogP contribution in [-0.2, 0) is 0 Å². The van der Waals surface area contributed by atoms with E-state index in [4.69, 9.17) is 14.7 Å². The van der Waals surface area contributed by atoms with Crippen molar-refractivity contribution in [3.63, 3.8) is 0 Å². The molecule has 0 fully saturated rings. The van der Waals surface area contributed by atoms with E-state index in [0.29, 0.717) is 0 Å². The molecule has 0 saturated carbocycles. The van der Waals surface area contributed by atoms with E-state index in [2.05, 4.69) is 65.3 Å². The molecule has 1 unspecified atom stereocenters. The SMILES string of the molecule is COc1ccc(C2=Nc3cc(=C4C=CC5=C(C4)NC(c4ccccc4)N5)ccc3=N2)cc1. The van der Waals surface area contributed by atoms with E-state index in [1.807, 2.05) is 30.3 Å². The predicted octanol–water partition coefficient (Wildman–Crippen LogP) is 3.62. The van der Waals surface area contributed by atoms with Crippen LogP contribution in [0.2, 0.25) is 0 Å². The highest BCUT2D eigenvalue weighted by Crippen LogP contribution is 2.29. The third-order valence-electron chi connectivity index (χ3n) is 6.04. The second-order valence-corrected chi connectivity index (χ2v) is 8.04.